The molecule has 0 saturated heterocycles. The molecule has 7 heteroatoms. The van der Waals surface area contributed by atoms with Crippen LogP contribution in [0.4, 0.5) is 11.5 Å². The number of benzene rings is 1. The second kappa shape index (κ2) is 7.77. The molecule has 0 radical (unpaired) electrons. The van der Waals surface area contributed by atoms with Gasteiger partial charge in [-0.25, -0.2) is 9.97 Å². The highest BCUT2D eigenvalue weighted by Gasteiger charge is 2.06. The number of hydrogen-bond donors (Lipinski definition) is 1. The average molecular weight is 351 g/mol. The number of anilines is 2. The van der Waals surface area contributed by atoms with Gasteiger partial charge in [-0.3, -0.25) is 14.2 Å². The second-order valence-electron chi connectivity index (χ2n) is 6.21. The van der Waals surface area contributed by atoms with E-state index in [4.69, 9.17) is 0 Å². The lowest BCUT2D eigenvalue weighted by atomic mass is 10.2. The highest BCUT2D eigenvalue weighted by atomic mass is 16.1. The molecule has 0 aliphatic rings. The Morgan fingerprint density at radius 3 is 2.69 bits per heavy atom. The Bertz CT molecular complexity index is 964. The van der Waals surface area contributed by atoms with Gasteiger partial charge in [0.25, 0.3) is 5.56 Å². The fraction of sp³-hybridized carbons (Fsp3) is 0.263. The van der Waals surface area contributed by atoms with Gasteiger partial charge in [-0.1, -0.05) is 12.1 Å². The van der Waals surface area contributed by atoms with Crippen LogP contribution < -0.4 is 15.8 Å². The number of nitrogens with one attached hydrogen (secondary N) is 1. The molecule has 3 rings (SSSR count). The summed E-state index contributed by atoms with van der Waals surface area (Å²) in [5.74, 6) is 0.720. The van der Waals surface area contributed by atoms with E-state index in [9.17, 15) is 9.59 Å². The van der Waals surface area contributed by atoms with Crippen molar-refractivity contribution in [2.45, 2.75) is 19.4 Å². The Labute approximate surface area is 151 Å². The SMILES string of the molecule is CN(C)c1ccc(NC(=O)CCCn2cnc3ccccc3c2=O)cn1. The first-order chi connectivity index (χ1) is 12.5. The summed E-state index contributed by atoms with van der Waals surface area (Å²) in [6.45, 7) is 0.446. The van der Waals surface area contributed by atoms with Gasteiger partial charge in [-0.15, -0.1) is 0 Å². The molecule has 2 aromatic heterocycles. The number of carbonyl (C=O) groups is 1. The van der Waals surface area contributed by atoms with Gasteiger partial charge >= 0.3 is 0 Å². The smallest absolute Gasteiger partial charge is 0.261 e. The number of rotatable bonds is 6. The predicted octanol–water partition coefficient (Wildman–Crippen LogP) is 2.28. The molecule has 0 fully saturated rings. The van der Waals surface area contributed by atoms with Crippen LogP contribution in [0.1, 0.15) is 12.8 Å². The molecule has 26 heavy (non-hydrogen) atoms. The number of aromatic nitrogens is 3. The normalized spacial score (nSPS) is 10.7. The Kier molecular flexibility index (Phi) is 5.26. The Hall–Kier alpha value is -3.22. The van der Waals surface area contributed by atoms with Gasteiger partial charge in [0.15, 0.2) is 0 Å². The fourth-order valence-electron chi connectivity index (χ4n) is 2.62. The number of carbonyl (C=O) groups excluding carboxylic acids is 1. The maximum absolute atomic E-state index is 12.4. The third-order valence-electron chi connectivity index (χ3n) is 4.02. The molecule has 3 aromatic rings. The highest BCUT2D eigenvalue weighted by molar-refractivity contribution is 5.90. The van der Waals surface area contributed by atoms with E-state index in [-0.39, 0.29) is 11.5 Å². The van der Waals surface area contributed by atoms with E-state index in [1.54, 1.807) is 16.8 Å². The minimum atomic E-state index is -0.105. The van der Waals surface area contributed by atoms with Crippen LogP contribution in [-0.4, -0.2) is 34.5 Å². The van der Waals surface area contributed by atoms with Crippen molar-refractivity contribution in [1.82, 2.24) is 14.5 Å². The molecule has 0 spiro atoms. The first-order valence-electron chi connectivity index (χ1n) is 8.42. The van der Waals surface area contributed by atoms with E-state index in [0.717, 1.165) is 5.82 Å². The van der Waals surface area contributed by atoms with Gasteiger partial charge in [0.05, 0.1) is 29.1 Å². The zero-order valence-electron chi connectivity index (χ0n) is 14.8. The van der Waals surface area contributed by atoms with Gasteiger partial charge in [0.1, 0.15) is 5.82 Å². The standard InChI is InChI=1S/C19H21N5O2/c1-23(2)17-10-9-14(12-20-17)22-18(25)8-5-11-24-13-21-16-7-4-3-6-15(16)19(24)26/h3-4,6-7,9-10,12-13H,5,8,11H2,1-2H3,(H,22,25). The molecule has 0 bridgehead atoms. The lowest BCUT2D eigenvalue weighted by Crippen LogP contribution is -2.21. The van der Waals surface area contributed by atoms with Crippen LogP contribution in [0.25, 0.3) is 10.9 Å². The Morgan fingerprint density at radius 2 is 1.96 bits per heavy atom. The lowest BCUT2D eigenvalue weighted by Gasteiger charge is -2.11. The largest absolute Gasteiger partial charge is 0.363 e. The number of fused-ring (bicyclic) bond motifs is 1. The molecule has 0 atom stereocenters. The Balaban J connectivity index is 1.55. The summed E-state index contributed by atoms with van der Waals surface area (Å²) >= 11 is 0. The van der Waals surface area contributed by atoms with Gasteiger partial charge in [0.2, 0.25) is 5.91 Å². The molecule has 2 heterocycles. The highest BCUT2D eigenvalue weighted by Crippen LogP contribution is 2.12. The van der Waals surface area contributed by atoms with Gasteiger partial charge in [-0.2, -0.15) is 0 Å². The van der Waals surface area contributed by atoms with E-state index in [1.165, 1.54) is 6.33 Å². The molecule has 0 unspecified atom stereocenters. The fourth-order valence-corrected chi connectivity index (χ4v) is 2.62. The number of aryl methyl sites for hydroxylation is 1. The first kappa shape index (κ1) is 17.6. The van der Waals surface area contributed by atoms with E-state index in [2.05, 4.69) is 15.3 Å². The Morgan fingerprint density at radius 1 is 1.15 bits per heavy atom. The third-order valence-corrected chi connectivity index (χ3v) is 4.02. The molecule has 0 aliphatic carbocycles. The van der Waals surface area contributed by atoms with Crippen molar-refractivity contribution in [3.63, 3.8) is 0 Å². The van der Waals surface area contributed by atoms with Gasteiger partial charge < -0.3 is 10.2 Å². The molecule has 134 valence electrons. The second-order valence-corrected chi connectivity index (χ2v) is 6.21. The van der Waals surface area contributed by atoms with E-state index >= 15 is 0 Å². The number of nitrogens with zero attached hydrogens (tertiary/aromatic N) is 4. The minimum absolute atomic E-state index is 0.0838. The molecule has 0 aliphatic heterocycles. The zero-order valence-corrected chi connectivity index (χ0v) is 14.8. The van der Waals surface area contributed by atoms with Crippen molar-refractivity contribution in [2.24, 2.45) is 0 Å². The topological polar surface area (TPSA) is 80.1 Å². The molecule has 7 nitrogen and oxygen atoms in total. The van der Waals surface area contributed by atoms with Crippen molar-refractivity contribution >= 4 is 28.3 Å². The van der Waals surface area contributed by atoms with E-state index in [0.29, 0.717) is 36.0 Å². The van der Waals surface area contributed by atoms with E-state index < -0.39 is 0 Å². The lowest BCUT2D eigenvalue weighted by molar-refractivity contribution is -0.116. The van der Waals surface area contributed by atoms with Crippen molar-refractivity contribution < 1.29 is 4.79 Å². The van der Waals surface area contributed by atoms with Crippen LogP contribution in [0.3, 0.4) is 0 Å². The molecular formula is C19H21N5O2. The summed E-state index contributed by atoms with van der Waals surface area (Å²) in [6, 6.07) is 10.9. The molecule has 1 aromatic carbocycles. The summed E-state index contributed by atoms with van der Waals surface area (Å²) in [4.78, 5) is 34.9. The van der Waals surface area contributed by atoms with Crippen LogP contribution >= 0.6 is 0 Å². The molecule has 1 N–H and O–H groups in total. The van der Waals surface area contributed by atoms with Crippen LogP contribution in [0.5, 0.6) is 0 Å². The van der Waals surface area contributed by atoms with Crippen LogP contribution in [0.2, 0.25) is 0 Å². The van der Waals surface area contributed by atoms with Gasteiger partial charge in [0, 0.05) is 27.1 Å². The predicted molar refractivity (Wildman–Crippen MR) is 102 cm³/mol. The van der Waals surface area contributed by atoms with Crippen molar-refractivity contribution in [3.05, 3.63) is 59.3 Å². The summed E-state index contributed by atoms with van der Waals surface area (Å²) in [7, 11) is 3.81. The minimum Gasteiger partial charge on any atom is -0.363 e. The number of amides is 1. The molecule has 1 amide bonds. The van der Waals surface area contributed by atoms with Crippen molar-refractivity contribution in [2.75, 3.05) is 24.3 Å². The van der Waals surface area contributed by atoms with Crippen LogP contribution in [0.15, 0.2) is 53.7 Å². The first-order valence-corrected chi connectivity index (χ1v) is 8.42. The van der Waals surface area contributed by atoms with Crippen molar-refractivity contribution in [1.29, 1.82) is 0 Å². The molecular weight excluding hydrogens is 330 g/mol. The average Bonchev–Trinajstić information content (AvgIpc) is 2.64. The summed E-state index contributed by atoms with van der Waals surface area (Å²) in [6.07, 6.45) is 4.03. The maximum atomic E-state index is 12.4. The number of pyridine rings is 1. The molecule has 0 saturated carbocycles. The number of para-hydroxylation sites is 1. The monoisotopic (exact) mass is 351 g/mol. The van der Waals surface area contributed by atoms with Crippen LogP contribution in [-0.2, 0) is 11.3 Å². The van der Waals surface area contributed by atoms with Crippen molar-refractivity contribution in [3.8, 4) is 0 Å². The zero-order chi connectivity index (χ0) is 18.5. The van der Waals surface area contributed by atoms with E-state index in [1.807, 2.05) is 49.3 Å². The summed E-state index contributed by atoms with van der Waals surface area (Å²) in [5.41, 5.74) is 1.25. The van der Waals surface area contributed by atoms with Gasteiger partial charge in [-0.05, 0) is 30.7 Å². The summed E-state index contributed by atoms with van der Waals surface area (Å²) < 4.78 is 1.54. The quantitative estimate of drug-likeness (QED) is 0.737. The number of hydrogen-bond acceptors (Lipinski definition) is 5. The third kappa shape index (κ3) is 4.05. The van der Waals surface area contributed by atoms with Crippen LogP contribution in [0, 0.1) is 0 Å². The summed E-state index contributed by atoms with van der Waals surface area (Å²) in [5, 5.41) is 3.40. The maximum Gasteiger partial charge on any atom is 0.261 e.